The second-order valence-electron chi connectivity index (χ2n) is 5.77. The number of aryl methyl sites for hydroxylation is 2. The highest BCUT2D eigenvalue weighted by Gasteiger charge is 2.23. The molecule has 0 saturated carbocycles. The van der Waals surface area contributed by atoms with Crippen molar-refractivity contribution in [1.29, 1.82) is 0 Å². The van der Waals surface area contributed by atoms with E-state index in [0.717, 1.165) is 23.4 Å². The van der Waals surface area contributed by atoms with Crippen LogP contribution in [0.3, 0.4) is 0 Å². The summed E-state index contributed by atoms with van der Waals surface area (Å²) in [6, 6.07) is 6.97. The average Bonchev–Trinajstić information content (AvgIpc) is 2.61. The number of ether oxygens (including phenoxy) is 1. The van der Waals surface area contributed by atoms with Crippen molar-refractivity contribution in [3.8, 4) is 11.5 Å². The maximum Gasteiger partial charge on any atom is 0.318 e. The van der Waals surface area contributed by atoms with Crippen LogP contribution in [0.4, 0.5) is 11.4 Å². The summed E-state index contributed by atoms with van der Waals surface area (Å²) in [5.41, 5.74) is 2.27. The lowest BCUT2D eigenvalue weighted by Gasteiger charge is -2.08. The molecule has 0 unspecified atom stereocenters. The molecule has 0 atom stereocenters. The number of hydrazone groups is 1. The number of aromatic hydroxyl groups is 1. The van der Waals surface area contributed by atoms with Gasteiger partial charge in [-0.25, -0.2) is 5.43 Å². The van der Waals surface area contributed by atoms with Crippen LogP contribution in [-0.4, -0.2) is 33.7 Å². The molecule has 0 aromatic heterocycles. The van der Waals surface area contributed by atoms with Crippen LogP contribution in [0.2, 0.25) is 0 Å². The van der Waals surface area contributed by atoms with Crippen molar-refractivity contribution in [2.45, 2.75) is 13.8 Å². The number of nitrogens with one attached hydrogen (secondary N) is 1. The SMILES string of the molecule is Cc1ccc(OCC(=O)N/N=C/c2cc([N+](=O)[O-])cc([N+](=O)[O-])c2O)c(C)c1. The lowest BCUT2D eigenvalue weighted by molar-refractivity contribution is -0.394. The highest BCUT2D eigenvalue weighted by Crippen LogP contribution is 2.33. The Balaban J connectivity index is 2.06. The van der Waals surface area contributed by atoms with Crippen molar-refractivity contribution in [3.63, 3.8) is 0 Å². The van der Waals surface area contributed by atoms with Crippen molar-refractivity contribution >= 4 is 23.5 Å². The third-order valence-electron chi connectivity index (χ3n) is 3.59. The summed E-state index contributed by atoms with van der Waals surface area (Å²) < 4.78 is 5.37. The Bertz CT molecular complexity index is 972. The van der Waals surface area contributed by atoms with Crippen LogP contribution < -0.4 is 10.2 Å². The number of hydrogen-bond acceptors (Lipinski definition) is 8. The second kappa shape index (κ2) is 8.58. The minimum atomic E-state index is -0.962. The van der Waals surface area contributed by atoms with Crippen LogP contribution in [0.15, 0.2) is 35.4 Å². The highest BCUT2D eigenvalue weighted by molar-refractivity contribution is 5.88. The van der Waals surface area contributed by atoms with Gasteiger partial charge in [0.1, 0.15) is 5.75 Å². The van der Waals surface area contributed by atoms with Gasteiger partial charge in [-0.15, -0.1) is 0 Å². The summed E-state index contributed by atoms with van der Waals surface area (Å²) in [5, 5.41) is 35.1. The number of phenolic OH excluding ortho intramolecular Hbond substituents is 1. The van der Waals surface area contributed by atoms with Crippen molar-refractivity contribution in [2.75, 3.05) is 6.61 Å². The Hall–Kier alpha value is -4.02. The average molecular weight is 388 g/mol. The number of amides is 1. The monoisotopic (exact) mass is 388 g/mol. The van der Waals surface area contributed by atoms with Gasteiger partial charge in [-0.1, -0.05) is 17.7 Å². The zero-order chi connectivity index (χ0) is 20.8. The smallest absolute Gasteiger partial charge is 0.318 e. The lowest BCUT2D eigenvalue weighted by atomic mass is 10.1. The summed E-state index contributed by atoms with van der Waals surface area (Å²) in [6.07, 6.45) is 0.865. The Morgan fingerprint density at radius 2 is 1.93 bits per heavy atom. The number of rotatable bonds is 7. The fraction of sp³-hybridized carbons (Fsp3) is 0.176. The van der Waals surface area contributed by atoms with Gasteiger partial charge in [-0.3, -0.25) is 25.0 Å². The van der Waals surface area contributed by atoms with Gasteiger partial charge in [0.15, 0.2) is 6.61 Å². The van der Waals surface area contributed by atoms with Gasteiger partial charge >= 0.3 is 5.69 Å². The molecule has 146 valence electrons. The van der Waals surface area contributed by atoms with E-state index in [0.29, 0.717) is 11.8 Å². The summed E-state index contributed by atoms with van der Waals surface area (Å²) >= 11 is 0. The molecule has 1 amide bonds. The molecule has 0 bridgehead atoms. The number of nitrogens with zero attached hydrogens (tertiary/aromatic N) is 3. The largest absolute Gasteiger partial charge is 0.502 e. The first kappa shape index (κ1) is 20.3. The zero-order valence-corrected chi connectivity index (χ0v) is 14.9. The summed E-state index contributed by atoms with van der Waals surface area (Å²) in [6.45, 7) is 3.41. The molecule has 11 nitrogen and oxygen atoms in total. The summed E-state index contributed by atoms with van der Waals surface area (Å²) in [7, 11) is 0. The Morgan fingerprint density at radius 1 is 1.21 bits per heavy atom. The fourth-order valence-corrected chi connectivity index (χ4v) is 2.28. The van der Waals surface area contributed by atoms with Crippen LogP contribution in [-0.2, 0) is 4.79 Å². The lowest BCUT2D eigenvalue weighted by Crippen LogP contribution is -2.24. The van der Waals surface area contributed by atoms with Gasteiger partial charge in [0.2, 0.25) is 5.75 Å². The van der Waals surface area contributed by atoms with Gasteiger partial charge in [0.25, 0.3) is 11.6 Å². The number of nitro groups is 2. The quantitative estimate of drug-likeness (QED) is 0.418. The van der Waals surface area contributed by atoms with Gasteiger partial charge in [0.05, 0.1) is 27.7 Å². The molecule has 11 heteroatoms. The second-order valence-corrected chi connectivity index (χ2v) is 5.77. The molecule has 0 saturated heterocycles. The fourth-order valence-electron chi connectivity index (χ4n) is 2.28. The molecule has 0 aliphatic heterocycles. The minimum Gasteiger partial charge on any atom is -0.502 e. The predicted octanol–water partition coefficient (Wildman–Crippen LogP) is 2.35. The standard InChI is InChI=1S/C17H16N4O7/c1-10-3-4-15(11(2)5-10)28-9-16(22)19-18-8-12-6-13(20(24)25)7-14(17(12)23)21(26)27/h3-8,23H,9H2,1-2H3,(H,19,22)/b18-8+. The van der Waals surface area contributed by atoms with E-state index in [2.05, 4.69) is 10.5 Å². The van der Waals surface area contributed by atoms with Crippen molar-refractivity contribution < 1.29 is 24.5 Å². The summed E-state index contributed by atoms with van der Waals surface area (Å²) in [5.74, 6) is -0.910. The van der Waals surface area contributed by atoms with E-state index in [-0.39, 0.29) is 12.2 Å². The van der Waals surface area contributed by atoms with Crippen LogP contribution >= 0.6 is 0 Å². The van der Waals surface area contributed by atoms with Gasteiger partial charge in [0, 0.05) is 6.07 Å². The predicted molar refractivity (Wildman–Crippen MR) is 98.6 cm³/mol. The molecule has 2 aromatic carbocycles. The molecule has 0 spiro atoms. The molecule has 0 aliphatic rings. The van der Waals surface area contributed by atoms with E-state index in [1.54, 1.807) is 6.07 Å². The van der Waals surface area contributed by atoms with E-state index < -0.39 is 32.9 Å². The molecule has 2 rings (SSSR count). The molecule has 2 N–H and O–H groups in total. The number of carbonyl (C=O) groups excluding carboxylic acids is 1. The topological polar surface area (TPSA) is 157 Å². The van der Waals surface area contributed by atoms with Crippen molar-refractivity contribution in [3.05, 3.63) is 67.3 Å². The molecule has 0 fully saturated rings. The van der Waals surface area contributed by atoms with Gasteiger partial charge in [-0.05, 0) is 25.5 Å². The maximum atomic E-state index is 11.8. The first-order chi connectivity index (χ1) is 13.2. The van der Waals surface area contributed by atoms with Gasteiger partial charge < -0.3 is 9.84 Å². The van der Waals surface area contributed by atoms with E-state index in [1.165, 1.54) is 0 Å². The molecule has 0 heterocycles. The number of benzene rings is 2. The van der Waals surface area contributed by atoms with E-state index >= 15 is 0 Å². The number of non-ortho nitro benzene ring substituents is 1. The van der Waals surface area contributed by atoms with Crippen molar-refractivity contribution in [1.82, 2.24) is 5.43 Å². The molecule has 2 aromatic rings. The zero-order valence-electron chi connectivity index (χ0n) is 14.9. The molecule has 0 radical (unpaired) electrons. The Morgan fingerprint density at radius 3 is 2.54 bits per heavy atom. The van der Waals surface area contributed by atoms with Gasteiger partial charge in [-0.2, -0.15) is 5.10 Å². The highest BCUT2D eigenvalue weighted by atomic mass is 16.6. The van der Waals surface area contributed by atoms with E-state index in [1.807, 2.05) is 26.0 Å². The number of hydrogen-bond donors (Lipinski definition) is 2. The van der Waals surface area contributed by atoms with Crippen LogP contribution in [0.5, 0.6) is 11.5 Å². The normalized spacial score (nSPS) is 10.6. The Labute approximate surface area is 158 Å². The first-order valence-electron chi connectivity index (χ1n) is 7.86. The molecule has 0 aliphatic carbocycles. The van der Waals surface area contributed by atoms with E-state index in [4.69, 9.17) is 4.74 Å². The Kier molecular flexibility index (Phi) is 6.22. The van der Waals surface area contributed by atoms with Crippen LogP contribution in [0.25, 0.3) is 0 Å². The minimum absolute atomic E-state index is 0.295. The summed E-state index contributed by atoms with van der Waals surface area (Å²) in [4.78, 5) is 31.7. The van der Waals surface area contributed by atoms with E-state index in [9.17, 15) is 30.1 Å². The first-order valence-corrected chi connectivity index (χ1v) is 7.86. The third-order valence-corrected chi connectivity index (χ3v) is 3.59. The van der Waals surface area contributed by atoms with Crippen LogP contribution in [0, 0.1) is 34.1 Å². The molecular weight excluding hydrogens is 372 g/mol. The van der Waals surface area contributed by atoms with Crippen molar-refractivity contribution in [2.24, 2.45) is 5.10 Å². The third kappa shape index (κ3) is 5.00. The maximum absolute atomic E-state index is 11.8. The number of carbonyl (C=O) groups is 1. The van der Waals surface area contributed by atoms with Crippen LogP contribution in [0.1, 0.15) is 16.7 Å². The number of phenols is 1. The number of nitro benzene ring substituents is 2. The molecular formula is C17H16N4O7. The molecule has 28 heavy (non-hydrogen) atoms.